The lowest BCUT2D eigenvalue weighted by Crippen LogP contribution is -2.12. The van der Waals surface area contributed by atoms with E-state index in [4.69, 9.17) is 11.6 Å². The number of fused-ring (bicyclic) bond motifs is 1. The predicted octanol–water partition coefficient (Wildman–Crippen LogP) is 4.45. The Bertz CT molecular complexity index is 825. The van der Waals surface area contributed by atoms with Gasteiger partial charge in [0.15, 0.2) is 5.75 Å². The summed E-state index contributed by atoms with van der Waals surface area (Å²) in [5.74, 6) is -0.419. The number of hydrogen-bond donors (Lipinski definition) is 2. The predicted molar refractivity (Wildman–Crippen MR) is 85.0 cm³/mol. The summed E-state index contributed by atoms with van der Waals surface area (Å²) >= 11 is 5.84. The first-order valence-electron chi connectivity index (χ1n) is 6.43. The van der Waals surface area contributed by atoms with E-state index in [1.807, 2.05) is 36.4 Å². The Labute approximate surface area is 126 Å². The van der Waals surface area contributed by atoms with Gasteiger partial charge in [0.2, 0.25) is 0 Å². The van der Waals surface area contributed by atoms with Gasteiger partial charge < -0.3 is 10.4 Å². The van der Waals surface area contributed by atoms with Crippen molar-refractivity contribution in [3.63, 3.8) is 0 Å². The minimum atomic E-state index is -0.288. The van der Waals surface area contributed by atoms with Crippen molar-refractivity contribution in [3.8, 4) is 5.75 Å². The number of carbonyl (C=O) groups excluding carboxylic acids is 1. The maximum Gasteiger partial charge on any atom is 0.256 e. The summed E-state index contributed by atoms with van der Waals surface area (Å²) < 4.78 is 0. The Hall–Kier alpha value is -2.52. The molecule has 3 nitrogen and oxygen atoms in total. The van der Waals surface area contributed by atoms with E-state index < -0.39 is 0 Å². The van der Waals surface area contributed by atoms with Crippen LogP contribution in [0.2, 0.25) is 5.02 Å². The van der Waals surface area contributed by atoms with Crippen molar-refractivity contribution in [2.75, 3.05) is 5.32 Å². The molecule has 3 rings (SSSR count). The van der Waals surface area contributed by atoms with Gasteiger partial charge in [0, 0.05) is 5.56 Å². The van der Waals surface area contributed by atoms with E-state index >= 15 is 0 Å². The van der Waals surface area contributed by atoms with Gasteiger partial charge in [-0.1, -0.05) is 54.1 Å². The first-order valence-corrected chi connectivity index (χ1v) is 6.81. The molecule has 0 unspecified atom stereocenters. The maximum absolute atomic E-state index is 12.4. The molecule has 21 heavy (non-hydrogen) atoms. The lowest BCUT2D eigenvalue weighted by molar-refractivity contribution is 0.102. The van der Waals surface area contributed by atoms with Crippen LogP contribution in [0, 0.1) is 0 Å². The minimum absolute atomic E-state index is 0.132. The first kappa shape index (κ1) is 13.5. The second kappa shape index (κ2) is 5.46. The summed E-state index contributed by atoms with van der Waals surface area (Å²) in [6.45, 7) is 0. The van der Waals surface area contributed by atoms with Crippen LogP contribution in [0.3, 0.4) is 0 Å². The minimum Gasteiger partial charge on any atom is -0.504 e. The molecular weight excluding hydrogens is 286 g/mol. The zero-order valence-corrected chi connectivity index (χ0v) is 11.8. The van der Waals surface area contributed by atoms with Crippen molar-refractivity contribution in [1.82, 2.24) is 0 Å². The summed E-state index contributed by atoms with van der Waals surface area (Å²) in [5, 5.41) is 14.6. The Morgan fingerprint density at radius 2 is 1.67 bits per heavy atom. The van der Waals surface area contributed by atoms with Gasteiger partial charge in [0.1, 0.15) is 0 Å². The number of nitrogens with one attached hydrogen (secondary N) is 1. The van der Waals surface area contributed by atoms with Crippen LogP contribution in [-0.2, 0) is 0 Å². The third-order valence-corrected chi connectivity index (χ3v) is 3.57. The number of amides is 1. The molecule has 0 spiro atoms. The molecule has 0 aliphatic rings. The molecule has 0 aromatic heterocycles. The largest absolute Gasteiger partial charge is 0.504 e. The summed E-state index contributed by atoms with van der Waals surface area (Å²) in [4.78, 5) is 12.4. The maximum atomic E-state index is 12.4. The molecule has 0 fully saturated rings. The van der Waals surface area contributed by atoms with Crippen LogP contribution < -0.4 is 5.32 Å². The lowest BCUT2D eigenvalue weighted by atomic mass is 10.0. The number of aromatic hydroxyl groups is 1. The summed E-state index contributed by atoms with van der Waals surface area (Å²) in [5.41, 5.74) is 0.841. The second-order valence-corrected chi connectivity index (χ2v) is 5.02. The van der Waals surface area contributed by atoms with Crippen LogP contribution in [0.25, 0.3) is 10.8 Å². The van der Waals surface area contributed by atoms with Crippen molar-refractivity contribution in [2.24, 2.45) is 0 Å². The van der Waals surface area contributed by atoms with Gasteiger partial charge in [-0.3, -0.25) is 4.79 Å². The quantitative estimate of drug-likeness (QED) is 0.687. The molecule has 0 saturated carbocycles. The monoisotopic (exact) mass is 297 g/mol. The highest BCUT2D eigenvalue weighted by atomic mass is 35.5. The van der Waals surface area contributed by atoms with Crippen LogP contribution in [0.4, 0.5) is 5.69 Å². The molecule has 1 amide bonds. The van der Waals surface area contributed by atoms with Crippen LogP contribution in [0.15, 0.2) is 60.7 Å². The number of benzene rings is 3. The molecule has 3 aromatic rings. The first-order chi connectivity index (χ1) is 10.2. The Balaban J connectivity index is 2.00. The number of phenolic OH excluding ortho intramolecular Hbond substituents is 1. The molecule has 0 bridgehead atoms. The second-order valence-electron chi connectivity index (χ2n) is 4.62. The van der Waals surface area contributed by atoms with Crippen molar-refractivity contribution in [2.45, 2.75) is 0 Å². The van der Waals surface area contributed by atoms with E-state index in [0.717, 1.165) is 10.8 Å². The fraction of sp³-hybridized carbons (Fsp3) is 0. The van der Waals surface area contributed by atoms with Gasteiger partial charge >= 0.3 is 0 Å². The third kappa shape index (κ3) is 2.56. The molecule has 0 atom stereocenters. The summed E-state index contributed by atoms with van der Waals surface area (Å²) in [6.07, 6.45) is 0. The molecule has 104 valence electrons. The number of rotatable bonds is 2. The normalized spacial score (nSPS) is 10.5. The summed E-state index contributed by atoms with van der Waals surface area (Å²) in [7, 11) is 0. The highest BCUT2D eigenvalue weighted by Crippen LogP contribution is 2.31. The zero-order valence-electron chi connectivity index (χ0n) is 11.0. The van der Waals surface area contributed by atoms with Crippen molar-refractivity contribution in [1.29, 1.82) is 0 Å². The molecule has 0 aliphatic heterocycles. The van der Waals surface area contributed by atoms with Crippen LogP contribution in [0.1, 0.15) is 10.4 Å². The van der Waals surface area contributed by atoms with Crippen molar-refractivity contribution in [3.05, 3.63) is 71.2 Å². The zero-order chi connectivity index (χ0) is 14.8. The van der Waals surface area contributed by atoms with Crippen molar-refractivity contribution < 1.29 is 9.90 Å². The van der Waals surface area contributed by atoms with Gasteiger partial charge in [-0.15, -0.1) is 0 Å². The smallest absolute Gasteiger partial charge is 0.256 e. The van der Waals surface area contributed by atoms with Crippen LogP contribution in [0.5, 0.6) is 5.75 Å². The molecule has 2 N–H and O–H groups in total. The number of phenols is 1. The lowest BCUT2D eigenvalue weighted by Gasteiger charge is -2.10. The molecular formula is C17H12ClNO2. The Morgan fingerprint density at radius 3 is 2.52 bits per heavy atom. The third-order valence-electron chi connectivity index (χ3n) is 3.27. The Morgan fingerprint density at radius 1 is 0.952 bits per heavy atom. The fourth-order valence-electron chi connectivity index (χ4n) is 2.23. The molecule has 0 saturated heterocycles. The number of para-hydroxylation sites is 1. The average Bonchev–Trinajstić information content (AvgIpc) is 2.51. The average molecular weight is 298 g/mol. The van der Waals surface area contributed by atoms with Gasteiger partial charge in [-0.2, -0.15) is 0 Å². The van der Waals surface area contributed by atoms with Crippen LogP contribution >= 0.6 is 11.6 Å². The van der Waals surface area contributed by atoms with E-state index in [1.54, 1.807) is 24.3 Å². The highest BCUT2D eigenvalue weighted by Gasteiger charge is 2.12. The van der Waals surface area contributed by atoms with Crippen molar-refractivity contribution >= 4 is 34.0 Å². The molecule has 3 aromatic carbocycles. The number of hydrogen-bond acceptors (Lipinski definition) is 2. The number of halogens is 1. The standard InChI is InChI=1S/C17H12ClNO2/c18-14-9-4-10-15(16(14)20)19-17(21)13-8-3-6-11-5-1-2-7-12(11)13/h1-10,20H,(H,19,21). The van der Waals surface area contributed by atoms with E-state index in [1.165, 1.54) is 0 Å². The topological polar surface area (TPSA) is 49.3 Å². The van der Waals surface area contributed by atoms with E-state index in [9.17, 15) is 9.90 Å². The highest BCUT2D eigenvalue weighted by molar-refractivity contribution is 6.32. The van der Waals surface area contributed by atoms with Crippen LogP contribution in [-0.4, -0.2) is 11.0 Å². The number of anilines is 1. The van der Waals surface area contributed by atoms with Gasteiger partial charge in [-0.25, -0.2) is 0 Å². The number of carbonyl (C=O) groups is 1. The summed E-state index contributed by atoms with van der Waals surface area (Å²) in [6, 6.07) is 18.0. The van der Waals surface area contributed by atoms with Gasteiger partial charge in [-0.05, 0) is 29.0 Å². The fourth-order valence-corrected chi connectivity index (χ4v) is 2.40. The molecule has 4 heteroatoms. The molecule has 0 radical (unpaired) electrons. The molecule has 0 aliphatic carbocycles. The SMILES string of the molecule is O=C(Nc1cccc(Cl)c1O)c1cccc2ccccc12. The van der Waals surface area contributed by atoms with E-state index in [-0.39, 0.29) is 16.7 Å². The van der Waals surface area contributed by atoms with Gasteiger partial charge in [0.25, 0.3) is 5.91 Å². The van der Waals surface area contributed by atoms with E-state index in [2.05, 4.69) is 5.32 Å². The van der Waals surface area contributed by atoms with E-state index in [0.29, 0.717) is 11.3 Å². The van der Waals surface area contributed by atoms with Gasteiger partial charge in [0.05, 0.1) is 10.7 Å². The Kier molecular flexibility index (Phi) is 3.50. The molecule has 0 heterocycles.